The second kappa shape index (κ2) is 12.6. The third-order valence-electron chi connectivity index (χ3n) is 6.13. The van der Waals surface area contributed by atoms with Crippen molar-refractivity contribution in [3.8, 4) is 11.5 Å². The Balaban J connectivity index is 1.56. The topological polar surface area (TPSA) is 117 Å². The summed E-state index contributed by atoms with van der Waals surface area (Å²) in [5.74, 6) is -1.27. The van der Waals surface area contributed by atoms with Gasteiger partial charge in [0, 0.05) is 6.42 Å². The number of hydrogen-bond acceptors (Lipinski definition) is 7. The largest absolute Gasteiger partial charge is 0.504 e. The molecule has 0 aromatic heterocycles. The van der Waals surface area contributed by atoms with E-state index < -0.39 is 23.7 Å². The number of hydrogen-bond donors (Lipinski definition) is 4. The highest BCUT2D eigenvalue weighted by molar-refractivity contribution is 5.82. The molecule has 0 saturated heterocycles. The van der Waals surface area contributed by atoms with Gasteiger partial charge in [-0.05, 0) is 41.3 Å². The van der Waals surface area contributed by atoms with Crippen LogP contribution in [0.25, 0.3) is 0 Å². The Morgan fingerprint density at radius 2 is 1.33 bits per heavy atom. The smallest absolute Gasteiger partial charge is 0.421 e. The summed E-state index contributed by atoms with van der Waals surface area (Å²) >= 11 is 0. The molecule has 0 spiro atoms. The van der Waals surface area contributed by atoms with E-state index in [-0.39, 0.29) is 24.5 Å². The van der Waals surface area contributed by atoms with E-state index in [0.29, 0.717) is 5.56 Å². The molecule has 1 unspecified atom stereocenters. The van der Waals surface area contributed by atoms with Gasteiger partial charge in [0.1, 0.15) is 12.1 Å². The van der Waals surface area contributed by atoms with Crippen LogP contribution in [0.5, 0.6) is 11.5 Å². The van der Waals surface area contributed by atoms with Crippen LogP contribution >= 0.6 is 0 Å². The zero-order chi connectivity index (χ0) is 27.7. The maximum atomic E-state index is 13.8. The van der Waals surface area contributed by atoms with Gasteiger partial charge in [-0.1, -0.05) is 97.1 Å². The number of ether oxygens (including phenoxy) is 2. The molecule has 0 fully saturated rings. The highest BCUT2D eigenvalue weighted by Crippen LogP contribution is 2.30. The molecule has 4 aromatic rings. The lowest BCUT2D eigenvalue weighted by atomic mass is 9.92. The van der Waals surface area contributed by atoms with Gasteiger partial charge in [-0.15, -0.1) is 0 Å². The summed E-state index contributed by atoms with van der Waals surface area (Å²) in [7, 11) is 0. The molecule has 1 amide bonds. The van der Waals surface area contributed by atoms with Crippen LogP contribution in [-0.4, -0.2) is 27.8 Å². The zero-order valence-corrected chi connectivity index (χ0v) is 21.4. The molecule has 0 aliphatic carbocycles. The fraction of sp³-hybridized carbons (Fsp3) is 0.161. The molecule has 39 heavy (non-hydrogen) atoms. The summed E-state index contributed by atoms with van der Waals surface area (Å²) in [6.45, 7) is 1.62. The first-order chi connectivity index (χ1) is 18.8. The number of carbonyl (C=O) groups excluding carboxylic acids is 2. The Morgan fingerprint density at radius 3 is 1.90 bits per heavy atom. The van der Waals surface area contributed by atoms with E-state index in [0.717, 1.165) is 16.7 Å². The van der Waals surface area contributed by atoms with Crippen molar-refractivity contribution in [1.82, 2.24) is 10.9 Å². The van der Waals surface area contributed by atoms with Crippen LogP contribution in [-0.2, 0) is 27.3 Å². The summed E-state index contributed by atoms with van der Waals surface area (Å²) in [4.78, 5) is 26.3. The number of hydrazine groups is 1. The van der Waals surface area contributed by atoms with Crippen molar-refractivity contribution < 1.29 is 29.3 Å². The number of rotatable bonds is 10. The summed E-state index contributed by atoms with van der Waals surface area (Å²) in [5.41, 5.74) is 6.62. The number of esters is 1. The number of amides is 1. The molecule has 0 aliphatic heterocycles. The third-order valence-corrected chi connectivity index (χ3v) is 6.13. The van der Waals surface area contributed by atoms with Crippen LogP contribution in [0.15, 0.2) is 109 Å². The second-order valence-corrected chi connectivity index (χ2v) is 9.25. The normalized spacial score (nSPS) is 12.4. The van der Waals surface area contributed by atoms with Crippen LogP contribution < -0.4 is 10.9 Å². The van der Waals surface area contributed by atoms with Crippen molar-refractivity contribution >= 4 is 12.1 Å². The molecule has 8 nitrogen and oxygen atoms in total. The van der Waals surface area contributed by atoms with Gasteiger partial charge < -0.3 is 19.7 Å². The molecule has 0 aliphatic rings. The Bertz CT molecular complexity index is 1340. The Kier molecular flexibility index (Phi) is 8.81. The van der Waals surface area contributed by atoms with E-state index >= 15 is 0 Å². The monoisotopic (exact) mass is 526 g/mol. The highest BCUT2D eigenvalue weighted by Gasteiger charge is 2.38. The average Bonchev–Trinajstić information content (AvgIpc) is 2.97. The number of phenols is 2. The molecule has 8 heteroatoms. The Labute approximate surface area is 226 Å². The van der Waals surface area contributed by atoms with Gasteiger partial charge in [0.15, 0.2) is 17.6 Å². The van der Waals surface area contributed by atoms with Gasteiger partial charge >= 0.3 is 12.1 Å². The SMILES string of the molecule is CC(Cc1ccc(O)c(O)c1)(NNC(=O)OCc1ccccc1)C(=O)OC(c1ccccc1)c1ccccc1. The van der Waals surface area contributed by atoms with Crippen molar-refractivity contribution in [2.24, 2.45) is 0 Å². The molecular weight excluding hydrogens is 496 g/mol. The van der Waals surface area contributed by atoms with E-state index in [1.54, 1.807) is 13.0 Å². The van der Waals surface area contributed by atoms with Gasteiger partial charge in [-0.25, -0.2) is 15.0 Å². The molecule has 0 heterocycles. The molecule has 1 atom stereocenters. The lowest BCUT2D eigenvalue weighted by Crippen LogP contribution is -2.59. The Morgan fingerprint density at radius 1 is 0.769 bits per heavy atom. The summed E-state index contributed by atoms with van der Waals surface area (Å²) < 4.78 is 11.3. The first kappa shape index (κ1) is 27.2. The van der Waals surface area contributed by atoms with Gasteiger partial charge in [0.05, 0.1) is 0 Å². The maximum Gasteiger partial charge on any atom is 0.421 e. The maximum absolute atomic E-state index is 13.8. The molecule has 4 rings (SSSR count). The predicted octanol–water partition coefficient (Wildman–Crippen LogP) is 5.16. The summed E-state index contributed by atoms with van der Waals surface area (Å²) in [6.07, 6.45) is -1.48. The number of aromatic hydroxyl groups is 2. The molecule has 0 bridgehead atoms. The predicted molar refractivity (Wildman–Crippen MR) is 146 cm³/mol. The van der Waals surface area contributed by atoms with Crippen LogP contribution in [0.3, 0.4) is 0 Å². The summed E-state index contributed by atoms with van der Waals surface area (Å²) in [5, 5.41) is 19.7. The fourth-order valence-corrected chi connectivity index (χ4v) is 4.02. The van der Waals surface area contributed by atoms with E-state index in [9.17, 15) is 19.8 Å². The first-order valence-electron chi connectivity index (χ1n) is 12.4. The van der Waals surface area contributed by atoms with E-state index in [2.05, 4.69) is 10.9 Å². The van der Waals surface area contributed by atoms with E-state index in [1.807, 2.05) is 91.0 Å². The van der Waals surface area contributed by atoms with E-state index in [4.69, 9.17) is 9.47 Å². The van der Waals surface area contributed by atoms with Crippen molar-refractivity contribution in [2.75, 3.05) is 0 Å². The van der Waals surface area contributed by atoms with Gasteiger partial charge in [0.25, 0.3) is 0 Å². The lowest BCUT2D eigenvalue weighted by Gasteiger charge is -2.31. The van der Waals surface area contributed by atoms with Crippen molar-refractivity contribution in [1.29, 1.82) is 0 Å². The summed E-state index contributed by atoms with van der Waals surface area (Å²) in [6, 6.07) is 32.1. The molecule has 4 N–H and O–H groups in total. The second-order valence-electron chi connectivity index (χ2n) is 9.25. The minimum absolute atomic E-state index is 0.00887. The van der Waals surface area contributed by atoms with Crippen LogP contribution in [0.2, 0.25) is 0 Å². The number of carbonyl (C=O) groups is 2. The molecular formula is C31H30N2O6. The van der Waals surface area contributed by atoms with Crippen LogP contribution in [0.4, 0.5) is 4.79 Å². The van der Waals surface area contributed by atoms with Crippen molar-refractivity contribution in [3.63, 3.8) is 0 Å². The van der Waals surface area contributed by atoms with Gasteiger partial charge in [-0.3, -0.25) is 5.43 Å². The van der Waals surface area contributed by atoms with E-state index in [1.165, 1.54) is 12.1 Å². The zero-order valence-electron chi connectivity index (χ0n) is 21.4. The first-order valence-corrected chi connectivity index (χ1v) is 12.4. The lowest BCUT2D eigenvalue weighted by molar-refractivity contribution is -0.155. The van der Waals surface area contributed by atoms with Gasteiger partial charge in [-0.2, -0.15) is 0 Å². The van der Waals surface area contributed by atoms with Crippen LogP contribution in [0.1, 0.15) is 35.3 Å². The minimum atomic E-state index is -1.49. The number of benzene rings is 4. The van der Waals surface area contributed by atoms with Crippen molar-refractivity contribution in [2.45, 2.75) is 31.6 Å². The Hall–Kier alpha value is -4.82. The minimum Gasteiger partial charge on any atom is -0.504 e. The van der Waals surface area contributed by atoms with Crippen LogP contribution in [0, 0.1) is 0 Å². The standard InChI is InChI=1S/C31H30N2O6/c1-31(20-23-17-18-26(34)27(35)19-23,33-32-30(37)38-21-22-11-5-2-6-12-22)29(36)39-28(24-13-7-3-8-14-24)25-15-9-4-10-16-25/h2-19,28,33-35H,20-21H2,1H3,(H,32,37). The highest BCUT2D eigenvalue weighted by atomic mass is 16.6. The molecule has 4 aromatic carbocycles. The fourth-order valence-electron chi connectivity index (χ4n) is 4.02. The quantitative estimate of drug-likeness (QED) is 0.128. The van der Waals surface area contributed by atoms with Gasteiger partial charge in [0.2, 0.25) is 0 Å². The number of phenolic OH excluding ortho intramolecular Hbond substituents is 2. The molecule has 0 radical (unpaired) electrons. The molecule has 200 valence electrons. The number of nitrogens with one attached hydrogen (secondary N) is 2. The average molecular weight is 527 g/mol. The molecule has 0 saturated carbocycles. The third kappa shape index (κ3) is 7.37. The van der Waals surface area contributed by atoms with Crippen molar-refractivity contribution in [3.05, 3.63) is 131 Å².